The molecule has 0 fully saturated rings. The quantitative estimate of drug-likeness (QED) is 0.495. The van der Waals surface area contributed by atoms with Crippen LogP contribution >= 0.6 is 0 Å². The molecule has 0 unspecified atom stereocenters. The topological polar surface area (TPSA) is 91.1 Å². The lowest BCUT2D eigenvalue weighted by atomic mass is 10.1. The van der Waals surface area contributed by atoms with Gasteiger partial charge in [-0.25, -0.2) is 0 Å². The minimum atomic E-state index is -0.637. The smallest absolute Gasteiger partial charge is 0.310 e. The number of benzene rings is 2. The Balaban J connectivity index is 2.35. The Hall–Kier alpha value is -3.22. The van der Waals surface area contributed by atoms with Crippen LogP contribution < -0.4 is 14.2 Å². The lowest BCUT2D eigenvalue weighted by Crippen LogP contribution is -1.95. The molecule has 2 aromatic carbocycles. The Morgan fingerprint density at radius 3 is 2.00 bits per heavy atom. The van der Waals surface area contributed by atoms with E-state index in [1.165, 1.54) is 33.5 Å². The molecule has 0 saturated carbocycles. The van der Waals surface area contributed by atoms with Crippen molar-refractivity contribution in [1.82, 2.24) is 0 Å². The van der Waals surface area contributed by atoms with Gasteiger partial charge in [-0.2, -0.15) is 0 Å². The minimum Gasteiger partial charge on any atom is -0.502 e. The van der Waals surface area contributed by atoms with Crippen molar-refractivity contribution in [2.24, 2.45) is 0 Å². The summed E-state index contributed by atoms with van der Waals surface area (Å²) in [5.74, 6) is 1.14. The first-order valence-corrected chi connectivity index (χ1v) is 6.95. The number of hydrogen-bond donors (Lipinski definition) is 1. The Morgan fingerprint density at radius 2 is 1.54 bits per heavy atom. The molecule has 24 heavy (non-hydrogen) atoms. The lowest BCUT2D eigenvalue weighted by molar-refractivity contribution is -0.385. The highest BCUT2D eigenvalue weighted by molar-refractivity contribution is 5.74. The normalized spacial score (nSPS) is 10.6. The molecule has 0 aromatic heterocycles. The number of hydrogen-bond acceptors (Lipinski definition) is 6. The summed E-state index contributed by atoms with van der Waals surface area (Å²) in [5.41, 5.74) is 1.06. The van der Waals surface area contributed by atoms with Crippen LogP contribution in [0.4, 0.5) is 5.69 Å². The maximum absolute atomic E-state index is 10.7. The van der Waals surface area contributed by atoms with E-state index in [9.17, 15) is 15.2 Å². The van der Waals surface area contributed by atoms with Crippen molar-refractivity contribution in [3.63, 3.8) is 0 Å². The zero-order valence-electron chi connectivity index (χ0n) is 13.5. The molecule has 0 radical (unpaired) electrons. The second-order valence-corrected chi connectivity index (χ2v) is 4.80. The standard InChI is InChI=1S/C17H17NO6/c1-22-15-9-12(10-16(23-2)17(15)24-3)5-4-11-6-7-13(18(20)21)14(19)8-11/h4-10,19H,1-3H3/b5-4+. The predicted octanol–water partition coefficient (Wildman–Crippen LogP) is 3.50. The Kier molecular flexibility index (Phi) is 5.26. The van der Waals surface area contributed by atoms with E-state index in [4.69, 9.17) is 14.2 Å². The van der Waals surface area contributed by atoms with E-state index in [-0.39, 0.29) is 11.4 Å². The molecule has 1 N–H and O–H groups in total. The molecular weight excluding hydrogens is 314 g/mol. The van der Waals surface area contributed by atoms with Gasteiger partial charge in [0.2, 0.25) is 5.75 Å². The van der Waals surface area contributed by atoms with Gasteiger partial charge in [-0.1, -0.05) is 12.2 Å². The second kappa shape index (κ2) is 7.36. The van der Waals surface area contributed by atoms with Crippen LogP contribution in [0, 0.1) is 10.1 Å². The number of nitrogens with zero attached hydrogens (tertiary/aromatic N) is 1. The summed E-state index contributed by atoms with van der Waals surface area (Å²) in [6.07, 6.45) is 3.48. The molecule has 2 aromatic rings. The first kappa shape index (κ1) is 17.1. The maximum Gasteiger partial charge on any atom is 0.310 e. The number of nitro benzene ring substituents is 1. The average Bonchev–Trinajstić information content (AvgIpc) is 2.58. The summed E-state index contributed by atoms with van der Waals surface area (Å²) >= 11 is 0. The Labute approximate surface area is 138 Å². The zero-order chi connectivity index (χ0) is 17.7. The van der Waals surface area contributed by atoms with Gasteiger partial charge in [-0.05, 0) is 35.4 Å². The number of methoxy groups -OCH3 is 3. The van der Waals surface area contributed by atoms with Gasteiger partial charge in [0, 0.05) is 6.07 Å². The maximum atomic E-state index is 10.7. The van der Waals surface area contributed by atoms with Gasteiger partial charge < -0.3 is 19.3 Å². The van der Waals surface area contributed by atoms with Crippen molar-refractivity contribution < 1.29 is 24.2 Å². The Bertz CT molecular complexity index is 760. The number of phenols is 1. The zero-order valence-corrected chi connectivity index (χ0v) is 13.5. The van der Waals surface area contributed by atoms with E-state index < -0.39 is 4.92 Å². The lowest BCUT2D eigenvalue weighted by Gasteiger charge is -2.12. The number of ether oxygens (including phenoxy) is 3. The first-order valence-electron chi connectivity index (χ1n) is 6.95. The van der Waals surface area contributed by atoms with Crippen molar-refractivity contribution >= 4 is 17.8 Å². The highest BCUT2D eigenvalue weighted by atomic mass is 16.6. The van der Waals surface area contributed by atoms with Crippen molar-refractivity contribution in [1.29, 1.82) is 0 Å². The summed E-state index contributed by atoms with van der Waals surface area (Å²) < 4.78 is 15.8. The van der Waals surface area contributed by atoms with E-state index in [0.717, 1.165) is 5.56 Å². The Morgan fingerprint density at radius 1 is 0.958 bits per heavy atom. The first-order chi connectivity index (χ1) is 11.5. The van der Waals surface area contributed by atoms with Crippen LogP contribution in [-0.2, 0) is 0 Å². The summed E-state index contributed by atoms with van der Waals surface area (Å²) in [4.78, 5) is 10.1. The van der Waals surface area contributed by atoms with Gasteiger partial charge in [0.25, 0.3) is 0 Å². The molecular formula is C17H17NO6. The van der Waals surface area contributed by atoms with E-state index in [0.29, 0.717) is 22.8 Å². The van der Waals surface area contributed by atoms with Gasteiger partial charge >= 0.3 is 5.69 Å². The monoisotopic (exact) mass is 331 g/mol. The molecule has 0 aliphatic heterocycles. The highest BCUT2D eigenvalue weighted by Gasteiger charge is 2.13. The number of aromatic hydroxyl groups is 1. The van der Waals surface area contributed by atoms with Crippen molar-refractivity contribution in [3.05, 3.63) is 51.6 Å². The van der Waals surface area contributed by atoms with Gasteiger partial charge in [0.15, 0.2) is 17.2 Å². The third kappa shape index (κ3) is 3.57. The number of nitro groups is 1. The van der Waals surface area contributed by atoms with Crippen LogP contribution in [0.5, 0.6) is 23.0 Å². The van der Waals surface area contributed by atoms with E-state index >= 15 is 0 Å². The molecule has 0 spiro atoms. The summed E-state index contributed by atoms with van der Waals surface area (Å²) in [6.45, 7) is 0. The van der Waals surface area contributed by atoms with Gasteiger partial charge in [0.05, 0.1) is 26.3 Å². The van der Waals surface area contributed by atoms with Crippen LogP contribution in [0.15, 0.2) is 30.3 Å². The van der Waals surface area contributed by atoms with Gasteiger partial charge in [-0.15, -0.1) is 0 Å². The summed E-state index contributed by atoms with van der Waals surface area (Å²) in [5, 5.41) is 20.4. The summed E-state index contributed by atoms with van der Waals surface area (Å²) in [6, 6.07) is 7.66. The third-order valence-electron chi connectivity index (χ3n) is 3.35. The number of rotatable bonds is 6. The largest absolute Gasteiger partial charge is 0.502 e. The highest BCUT2D eigenvalue weighted by Crippen LogP contribution is 2.38. The molecule has 0 heterocycles. The summed E-state index contributed by atoms with van der Waals surface area (Å²) in [7, 11) is 4.58. The molecule has 0 aliphatic carbocycles. The van der Waals surface area contributed by atoms with Crippen LogP contribution in [0.1, 0.15) is 11.1 Å². The molecule has 0 atom stereocenters. The number of phenolic OH excluding ortho intramolecular Hbond substituents is 1. The fraction of sp³-hybridized carbons (Fsp3) is 0.176. The fourth-order valence-corrected chi connectivity index (χ4v) is 2.19. The molecule has 2 rings (SSSR count). The fourth-order valence-electron chi connectivity index (χ4n) is 2.19. The SMILES string of the molecule is COc1cc(/C=C/c2ccc([N+](=O)[O-])c(O)c2)cc(OC)c1OC. The van der Waals surface area contributed by atoms with E-state index in [1.54, 1.807) is 30.4 Å². The molecule has 7 nitrogen and oxygen atoms in total. The molecule has 126 valence electrons. The van der Waals surface area contributed by atoms with Crippen LogP contribution in [0.25, 0.3) is 12.2 Å². The van der Waals surface area contributed by atoms with Crippen molar-refractivity contribution in [2.45, 2.75) is 0 Å². The van der Waals surface area contributed by atoms with Crippen LogP contribution in [0.3, 0.4) is 0 Å². The third-order valence-corrected chi connectivity index (χ3v) is 3.35. The van der Waals surface area contributed by atoms with Gasteiger partial charge in [0.1, 0.15) is 0 Å². The van der Waals surface area contributed by atoms with E-state index in [1.807, 2.05) is 0 Å². The second-order valence-electron chi connectivity index (χ2n) is 4.80. The van der Waals surface area contributed by atoms with Crippen LogP contribution in [0.2, 0.25) is 0 Å². The molecule has 0 bridgehead atoms. The van der Waals surface area contributed by atoms with Gasteiger partial charge in [-0.3, -0.25) is 10.1 Å². The van der Waals surface area contributed by atoms with Crippen LogP contribution in [-0.4, -0.2) is 31.4 Å². The predicted molar refractivity (Wildman–Crippen MR) is 89.8 cm³/mol. The van der Waals surface area contributed by atoms with E-state index in [2.05, 4.69) is 0 Å². The van der Waals surface area contributed by atoms with Crippen molar-refractivity contribution in [2.75, 3.05) is 21.3 Å². The molecule has 7 heteroatoms. The molecule has 0 aliphatic rings. The van der Waals surface area contributed by atoms with Crippen molar-refractivity contribution in [3.8, 4) is 23.0 Å². The minimum absolute atomic E-state index is 0.333. The molecule has 0 saturated heterocycles. The average molecular weight is 331 g/mol. The molecule has 0 amide bonds.